The number of likely N-dealkylation sites (tertiary alicyclic amines) is 1. The standard InChI is InChI=1S/C22H29N5O2/c1-25-8-2-3-20(22(25)28)27-11-9-26(10-12-27)17-6-7-19-18(13-17)21(24-15-23-19)29-14-16-4-5-16/h6-7,13,15-16,20H,2-5,8-12,14H2,1H3. The largest absolute Gasteiger partial charge is 0.477 e. The van der Waals surface area contributed by atoms with Crippen molar-refractivity contribution in [2.45, 2.75) is 31.7 Å². The summed E-state index contributed by atoms with van der Waals surface area (Å²) in [6, 6.07) is 6.41. The first-order valence-electron chi connectivity index (χ1n) is 10.8. The van der Waals surface area contributed by atoms with Crippen LogP contribution in [0, 0.1) is 5.92 Å². The third-order valence-corrected chi connectivity index (χ3v) is 6.49. The molecule has 7 heteroatoms. The predicted octanol–water partition coefficient (Wildman–Crippen LogP) is 2.16. The molecule has 5 rings (SSSR count). The molecule has 0 radical (unpaired) electrons. The van der Waals surface area contributed by atoms with Crippen molar-refractivity contribution < 1.29 is 9.53 Å². The SMILES string of the molecule is CN1CCCC(N2CCN(c3ccc4ncnc(OCC5CC5)c4c3)CC2)C1=O. The van der Waals surface area contributed by atoms with Crippen molar-refractivity contribution in [2.75, 3.05) is 51.3 Å². The minimum atomic E-state index is 0.0586. The van der Waals surface area contributed by atoms with Gasteiger partial charge in [-0.15, -0.1) is 0 Å². The average molecular weight is 396 g/mol. The first kappa shape index (κ1) is 18.6. The second kappa shape index (κ2) is 7.78. The highest BCUT2D eigenvalue weighted by molar-refractivity contribution is 5.86. The number of carbonyl (C=O) groups excluding carboxylic acids is 1. The molecule has 0 N–H and O–H groups in total. The zero-order valence-electron chi connectivity index (χ0n) is 17.1. The molecular weight excluding hydrogens is 366 g/mol. The highest BCUT2D eigenvalue weighted by Crippen LogP contribution is 2.32. The summed E-state index contributed by atoms with van der Waals surface area (Å²) in [7, 11) is 1.92. The number of hydrogen-bond donors (Lipinski definition) is 0. The van der Waals surface area contributed by atoms with Gasteiger partial charge in [0, 0.05) is 45.5 Å². The minimum Gasteiger partial charge on any atom is -0.477 e. The van der Waals surface area contributed by atoms with Crippen LogP contribution in [-0.2, 0) is 4.79 Å². The third kappa shape index (κ3) is 3.88. The van der Waals surface area contributed by atoms with E-state index < -0.39 is 0 Å². The molecule has 1 aromatic heterocycles. The summed E-state index contributed by atoms with van der Waals surface area (Å²) in [6.07, 6.45) is 6.19. The number of piperazine rings is 1. The molecule has 29 heavy (non-hydrogen) atoms. The third-order valence-electron chi connectivity index (χ3n) is 6.49. The van der Waals surface area contributed by atoms with E-state index in [0.717, 1.165) is 63.1 Å². The van der Waals surface area contributed by atoms with Crippen LogP contribution < -0.4 is 9.64 Å². The van der Waals surface area contributed by atoms with Gasteiger partial charge < -0.3 is 14.5 Å². The number of hydrogen-bond acceptors (Lipinski definition) is 6. The minimum absolute atomic E-state index is 0.0586. The predicted molar refractivity (Wildman–Crippen MR) is 112 cm³/mol. The van der Waals surface area contributed by atoms with Crippen molar-refractivity contribution in [2.24, 2.45) is 5.92 Å². The average Bonchev–Trinajstić information content (AvgIpc) is 3.58. The summed E-state index contributed by atoms with van der Waals surface area (Å²) < 4.78 is 5.98. The lowest BCUT2D eigenvalue weighted by molar-refractivity contribution is -0.138. The Labute approximate surface area is 171 Å². The molecule has 0 bridgehead atoms. The van der Waals surface area contributed by atoms with Gasteiger partial charge in [-0.2, -0.15) is 0 Å². The van der Waals surface area contributed by atoms with Crippen LogP contribution >= 0.6 is 0 Å². The molecule has 1 atom stereocenters. The van der Waals surface area contributed by atoms with E-state index >= 15 is 0 Å². The van der Waals surface area contributed by atoms with Crippen molar-refractivity contribution in [1.82, 2.24) is 19.8 Å². The smallest absolute Gasteiger partial charge is 0.239 e. The second-order valence-corrected chi connectivity index (χ2v) is 8.58. The highest BCUT2D eigenvalue weighted by atomic mass is 16.5. The van der Waals surface area contributed by atoms with Gasteiger partial charge in [0.1, 0.15) is 6.33 Å². The molecule has 3 heterocycles. The molecule has 2 saturated heterocycles. The molecule has 2 aromatic rings. The Balaban J connectivity index is 1.28. The summed E-state index contributed by atoms with van der Waals surface area (Å²) in [6.45, 7) is 5.31. The Morgan fingerprint density at radius 2 is 1.90 bits per heavy atom. The van der Waals surface area contributed by atoms with Crippen molar-refractivity contribution in [3.63, 3.8) is 0 Å². The van der Waals surface area contributed by atoms with Gasteiger partial charge in [-0.1, -0.05) is 0 Å². The molecule has 1 unspecified atom stereocenters. The molecule has 154 valence electrons. The number of carbonyl (C=O) groups is 1. The van der Waals surface area contributed by atoms with Crippen LogP contribution in [0.2, 0.25) is 0 Å². The molecule has 2 aliphatic heterocycles. The lowest BCUT2D eigenvalue weighted by atomic mass is 10.0. The van der Waals surface area contributed by atoms with Gasteiger partial charge in [0.05, 0.1) is 23.6 Å². The van der Waals surface area contributed by atoms with E-state index in [-0.39, 0.29) is 11.9 Å². The summed E-state index contributed by atoms with van der Waals surface area (Å²) in [5.41, 5.74) is 2.10. The summed E-state index contributed by atoms with van der Waals surface area (Å²) in [5, 5.41) is 0.983. The maximum atomic E-state index is 12.5. The van der Waals surface area contributed by atoms with Crippen molar-refractivity contribution in [1.29, 1.82) is 0 Å². The van der Waals surface area contributed by atoms with Crippen molar-refractivity contribution in [3.05, 3.63) is 24.5 Å². The summed E-state index contributed by atoms with van der Waals surface area (Å²) in [4.78, 5) is 27.9. The van der Waals surface area contributed by atoms with Crippen LogP contribution in [0.3, 0.4) is 0 Å². The topological polar surface area (TPSA) is 61.8 Å². The van der Waals surface area contributed by atoms with Gasteiger partial charge in [0.2, 0.25) is 11.8 Å². The maximum Gasteiger partial charge on any atom is 0.239 e. The normalized spacial score (nSPS) is 23.6. The number of benzene rings is 1. The molecule has 1 aliphatic carbocycles. The number of rotatable bonds is 5. The van der Waals surface area contributed by atoms with Crippen LogP contribution in [0.15, 0.2) is 24.5 Å². The highest BCUT2D eigenvalue weighted by Gasteiger charge is 2.33. The first-order valence-corrected chi connectivity index (χ1v) is 10.8. The Morgan fingerprint density at radius 3 is 2.69 bits per heavy atom. The van der Waals surface area contributed by atoms with E-state index in [1.54, 1.807) is 6.33 Å². The first-order chi connectivity index (χ1) is 14.2. The van der Waals surface area contributed by atoms with Crippen LogP contribution in [-0.4, -0.2) is 78.1 Å². The van der Waals surface area contributed by atoms with E-state index in [2.05, 4.69) is 38.0 Å². The molecule has 3 fully saturated rings. The van der Waals surface area contributed by atoms with Crippen LogP contribution in [0.25, 0.3) is 10.9 Å². The van der Waals surface area contributed by atoms with E-state index in [1.165, 1.54) is 18.5 Å². The molecule has 1 amide bonds. The van der Waals surface area contributed by atoms with Gasteiger partial charge >= 0.3 is 0 Å². The number of piperidine rings is 1. The van der Waals surface area contributed by atoms with Gasteiger partial charge in [-0.05, 0) is 49.8 Å². The number of nitrogens with zero attached hydrogens (tertiary/aromatic N) is 5. The fourth-order valence-corrected chi connectivity index (χ4v) is 4.45. The number of likely N-dealkylation sites (N-methyl/N-ethyl adjacent to an activating group) is 1. The van der Waals surface area contributed by atoms with Crippen LogP contribution in [0.5, 0.6) is 5.88 Å². The number of aromatic nitrogens is 2. The van der Waals surface area contributed by atoms with Gasteiger partial charge in [0.15, 0.2) is 0 Å². The summed E-state index contributed by atoms with van der Waals surface area (Å²) >= 11 is 0. The van der Waals surface area contributed by atoms with Gasteiger partial charge in [-0.3, -0.25) is 9.69 Å². The van der Waals surface area contributed by atoms with Gasteiger partial charge in [-0.25, -0.2) is 9.97 Å². The number of fused-ring (bicyclic) bond motifs is 1. The molecule has 1 aromatic carbocycles. The molecule has 3 aliphatic rings. The lowest BCUT2D eigenvalue weighted by Crippen LogP contribution is -2.57. The van der Waals surface area contributed by atoms with E-state index in [0.29, 0.717) is 11.8 Å². The van der Waals surface area contributed by atoms with Gasteiger partial charge in [0.25, 0.3) is 0 Å². The molecule has 7 nitrogen and oxygen atoms in total. The number of amides is 1. The fraction of sp³-hybridized carbons (Fsp3) is 0.591. The Hall–Kier alpha value is -2.41. The molecular formula is C22H29N5O2. The molecule has 1 saturated carbocycles. The Kier molecular flexibility index (Phi) is 4.99. The zero-order chi connectivity index (χ0) is 19.8. The second-order valence-electron chi connectivity index (χ2n) is 8.58. The zero-order valence-corrected chi connectivity index (χ0v) is 17.1. The quantitative estimate of drug-likeness (QED) is 0.773. The monoisotopic (exact) mass is 395 g/mol. The Bertz CT molecular complexity index is 892. The molecule has 0 spiro atoms. The van der Waals surface area contributed by atoms with E-state index in [1.807, 2.05) is 11.9 Å². The van der Waals surface area contributed by atoms with Crippen molar-refractivity contribution >= 4 is 22.5 Å². The number of ether oxygens (including phenoxy) is 1. The summed E-state index contributed by atoms with van der Waals surface area (Å²) in [5.74, 6) is 1.67. The van der Waals surface area contributed by atoms with E-state index in [4.69, 9.17) is 4.74 Å². The Morgan fingerprint density at radius 1 is 1.07 bits per heavy atom. The van der Waals surface area contributed by atoms with Crippen LogP contribution in [0.1, 0.15) is 25.7 Å². The van der Waals surface area contributed by atoms with Crippen molar-refractivity contribution in [3.8, 4) is 5.88 Å². The fourth-order valence-electron chi connectivity index (χ4n) is 4.45. The van der Waals surface area contributed by atoms with E-state index in [9.17, 15) is 4.79 Å². The van der Waals surface area contributed by atoms with Crippen LogP contribution in [0.4, 0.5) is 5.69 Å². The number of anilines is 1. The lowest BCUT2D eigenvalue weighted by Gasteiger charge is -2.42. The maximum absolute atomic E-state index is 12.5.